The van der Waals surface area contributed by atoms with Gasteiger partial charge in [0.2, 0.25) is 0 Å². The fraction of sp³-hybridized carbons (Fsp3) is 0.600. The van der Waals surface area contributed by atoms with E-state index >= 15 is 0 Å². The molecule has 0 aromatic carbocycles. The van der Waals surface area contributed by atoms with E-state index in [1.807, 2.05) is 12.3 Å². The van der Waals surface area contributed by atoms with E-state index in [2.05, 4.69) is 4.99 Å². The Bertz CT molecular complexity index is 130. The molecule has 52 valence electrons. The summed E-state index contributed by atoms with van der Waals surface area (Å²) in [5.41, 5.74) is 2.68. The fourth-order valence-corrected chi connectivity index (χ4v) is 0.285. The molecular weight excluding hydrogens is 118 g/mol. The van der Waals surface area contributed by atoms with E-state index in [1.54, 1.807) is 6.92 Å². The highest BCUT2D eigenvalue weighted by Gasteiger charge is 1.91. The highest BCUT2D eigenvalue weighted by atomic mass is 16.2. The molecule has 0 aliphatic heterocycles. The van der Waals surface area contributed by atoms with Gasteiger partial charge in [-0.15, -0.1) is 0 Å². The second-order valence-corrected chi connectivity index (χ2v) is 1.65. The third kappa shape index (κ3) is 3.66. The maximum absolute atomic E-state index is 10.4. The standard InChI is InChI=1S/C5H11N3O/c1-3-4(2)7-5(9)8-6/h3,6H2,1-2H3,(H,8,9). The molecule has 0 radical (unpaired) electrons. The minimum atomic E-state index is -0.491. The number of hydrogen-bond acceptors (Lipinski definition) is 2. The van der Waals surface area contributed by atoms with Gasteiger partial charge in [0.05, 0.1) is 0 Å². The van der Waals surface area contributed by atoms with Crippen LogP contribution in [-0.4, -0.2) is 11.7 Å². The molecule has 0 atom stereocenters. The van der Waals surface area contributed by atoms with Crippen LogP contribution in [0.4, 0.5) is 4.79 Å². The number of rotatable bonds is 1. The summed E-state index contributed by atoms with van der Waals surface area (Å²) in [5, 5.41) is 0. The molecule has 0 aliphatic rings. The minimum absolute atomic E-state index is 0.491. The summed E-state index contributed by atoms with van der Waals surface area (Å²) < 4.78 is 0. The largest absolute Gasteiger partial charge is 0.354 e. The van der Waals surface area contributed by atoms with Crippen molar-refractivity contribution in [1.82, 2.24) is 5.43 Å². The van der Waals surface area contributed by atoms with Crippen LogP contribution >= 0.6 is 0 Å². The Hall–Kier alpha value is -0.900. The van der Waals surface area contributed by atoms with E-state index in [9.17, 15) is 4.79 Å². The second-order valence-electron chi connectivity index (χ2n) is 1.65. The Morgan fingerprint density at radius 3 is 2.67 bits per heavy atom. The average Bonchev–Trinajstić information content (AvgIpc) is 1.87. The van der Waals surface area contributed by atoms with Gasteiger partial charge in [-0.25, -0.2) is 15.6 Å². The summed E-state index contributed by atoms with van der Waals surface area (Å²) >= 11 is 0. The molecule has 0 aromatic heterocycles. The molecule has 0 heterocycles. The zero-order chi connectivity index (χ0) is 7.28. The first-order valence-electron chi connectivity index (χ1n) is 2.75. The molecule has 0 bridgehead atoms. The van der Waals surface area contributed by atoms with Crippen molar-refractivity contribution in [3.05, 3.63) is 0 Å². The van der Waals surface area contributed by atoms with Crippen LogP contribution in [0, 0.1) is 0 Å². The van der Waals surface area contributed by atoms with Crippen molar-refractivity contribution in [3.8, 4) is 0 Å². The number of hydrogen-bond donors (Lipinski definition) is 2. The summed E-state index contributed by atoms with van der Waals surface area (Å²) in [6, 6.07) is -0.491. The lowest BCUT2D eigenvalue weighted by atomic mass is 10.3. The van der Waals surface area contributed by atoms with Crippen LogP contribution in [0.5, 0.6) is 0 Å². The van der Waals surface area contributed by atoms with Gasteiger partial charge in [0, 0.05) is 5.71 Å². The lowest BCUT2D eigenvalue weighted by Gasteiger charge is -1.92. The van der Waals surface area contributed by atoms with Gasteiger partial charge in [0.1, 0.15) is 0 Å². The zero-order valence-electron chi connectivity index (χ0n) is 5.64. The van der Waals surface area contributed by atoms with Crippen LogP contribution in [0.25, 0.3) is 0 Å². The van der Waals surface area contributed by atoms with Crippen molar-refractivity contribution < 1.29 is 4.79 Å². The maximum atomic E-state index is 10.4. The number of urea groups is 1. The van der Waals surface area contributed by atoms with E-state index in [4.69, 9.17) is 5.84 Å². The highest BCUT2D eigenvalue weighted by Crippen LogP contribution is 1.83. The molecule has 0 saturated heterocycles. The van der Waals surface area contributed by atoms with Gasteiger partial charge in [-0.1, -0.05) is 6.92 Å². The first kappa shape index (κ1) is 8.10. The van der Waals surface area contributed by atoms with E-state index < -0.39 is 6.03 Å². The van der Waals surface area contributed by atoms with E-state index in [-0.39, 0.29) is 0 Å². The number of aliphatic imine (C=N–C) groups is 1. The zero-order valence-corrected chi connectivity index (χ0v) is 5.64. The Labute approximate surface area is 54.1 Å². The molecule has 0 unspecified atom stereocenters. The van der Waals surface area contributed by atoms with Crippen molar-refractivity contribution in [1.29, 1.82) is 0 Å². The summed E-state index contributed by atoms with van der Waals surface area (Å²) in [6.45, 7) is 3.69. The monoisotopic (exact) mass is 129 g/mol. The number of carbonyl (C=O) groups excluding carboxylic acids is 1. The molecule has 0 rings (SSSR count). The first-order chi connectivity index (χ1) is 4.20. The van der Waals surface area contributed by atoms with Gasteiger partial charge in [-0.3, -0.25) is 5.43 Å². The lowest BCUT2D eigenvalue weighted by Crippen LogP contribution is -2.27. The topological polar surface area (TPSA) is 67.5 Å². The summed E-state index contributed by atoms with van der Waals surface area (Å²) in [4.78, 5) is 13.9. The number of carbonyl (C=O) groups is 1. The van der Waals surface area contributed by atoms with Gasteiger partial charge in [-0.05, 0) is 13.3 Å². The van der Waals surface area contributed by atoms with Crippen LogP contribution in [0.1, 0.15) is 20.3 Å². The third-order valence-electron chi connectivity index (χ3n) is 0.928. The van der Waals surface area contributed by atoms with Crippen molar-refractivity contribution in [2.24, 2.45) is 10.8 Å². The average molecular weight is 129 g/mol. The summed E-state index contributed by atoms with van der Waals surface area (Å²) in [6.07, 6.45) is 0.771. The van der Waals surface area contributed by atoms with E-state index in [0.717, 1.165) is 12.1 Å². The van der Waals surface area contributed by atoms with Crippen molar-refractivity contribution in [3.63, 3.8) is 0 Å². The molecule has 0 saturated carbocycles. The Morgan fingerprint density at radius 2 is 2.33 bits per heavy atom. The van der Waals surface area contributed by atoms with Crippen molar-refractivity contribution >= 4 is 11.7 Å². The third-order valence-corrected chi connectivity index (χ3v) is 0.928. The fourth-order valence-electron chi connectivity index (χ4n) is 0.285. The van der Waals surface area contributed by atoms with Crippen LogP contribution in [0.2, 0.25) is 0 Å². The van der Waals surface area contributed by atoms with Gasteiger partial charge in [-0.2, -0.15) is 0 Å². The van der Waals surface area contributed by atoms with Gasteiger partial charge < -0.3 is 0 Å². The molecule has 4 heteroatoms. The molecule has 4 nitrogen and oxygen atoms in total. The summed E-state index contributed by atoms with van der Waals surface area (Å²) in [5.74, 6) is 4.77. The van der Waals surface area contributed by atoms with Crippen molar-refractivity contribution in [2.45, 2.75) is 20.3 Å². The summed E-state index contributed by atoms with van der Waals surface area (Å²) in [7, 11) is 0. The smallest absolute Gasteiger partial charge is 0.274 e. The molecule has 9 heavy (non-hydrogen) atoms. The van der Waals surface area contributed by atoms with Gasteiger partial charge in [0.15, 0.2) is 0 Å². The predicted molar refractivity (Wildman–Crippen MR) is 36.1 cm³/mol. The maximum Gasteiger partial charge on any atom is 0.354 e. The molecular formula is C5H11N3O. The minimum Gasteiger partial charge on any atom is -0.274 e. The van der Waals surface area contributed by atoms with E-state index in [1.165, 1.54) is 0 Å². The second kappa shape index (κ2) is 4.03. The molecule has 0 fully saturated rings. The highest BCUT2D eigenvalue weighted by molar-refractivity contribution is 5.93. The van der Waals surface area contributed by atoms with Crippen LogP contribution in [0.15, 0.2) is 4.99 Å². The molecule has 3 N–H and O–H groups in total. The number of nitrogens with zero attached hydrogens (tertiary/aromatic N) is 1. The van der Waals surface area contributed by atoms with Gasteiger partial charge >= 0.3 is 6.03 Å². The molecule has 0 aliphatic carbocycles. The van der Waals surface area contributed by atoms with Gasteiger partial charge in [0.25, 0.3) is 0 Å². The van der Waals surface area contributed by atoms with Crippen molar-refractivity contribution in [2.75, 3.05) is 0 Å². The molecule has 0 aromatic rings. The first-order valence-corrected chi connectivity index (χ1v) is 2.75. The normalized spacial score (nSPS) is 11.2. The number of hydrazine groups is 1. The number of amides is 2. The lowest BCUT2D eigenvalue weighted by molar-refractivity contribution is 0.249. The van der Waals surface area contributed by atoms with Crippen LogP contribution < -0.4 is 11.3 Å². The predicted octanol–water partition coefficient (Wildman–Crippen LogP) is 0.441. The number of nitrogens with two attached hydrogens (primary N) is 1. The Kier molecular flexibility index (Phi) is 3.62. The Morgan fingerprint density at radius 1 is 1.78 bits per heavy atom. The SMILES string of the molecule is CCC(C)=NC(=O)NN. The number of nitrogens with one attached hydrogen (secondary N) is 1. The Balaban J connectivity index is 3.79. The quantitative estimate of drug-likeness (QED) is 0.233. The van der Waals surface area contributed by atoms with Crippen LogP contribution in [-0.2, 0) is 0 Å². The molecule has 0 spiro atoms. The van der Waals surface area contributed by atoms with Crippen LogP contribution in [0.3, 0.4) is 0 Å². The molecule has 2 amide bonds. The van der Waals surface area contributed by atoms with E-state index in [0.29, 0.717) is 0 Å².